The number of hydrogen-bond donors (Lipinski definition) is 1. The summed E-state index contributed by atoms with van der Waals surface area (Å²) < 4.78 is 12.2. The Labute approximate surface area is 171 Å². The number of amides is 1. The number of ether oxygens (including phenoxy) is 2. The molecule has 1 aromatic carbocycles. The topological polar surface area (TPSA) is 107 Å². The molecule has 0 unspecified atom stereocenters. The molecule has 0 saturated carbocycles. The van der Waals surface area contributed by atoms with Crippen molar-refractivity contribution in [2.45, 2.75) is 13.0 Å². The van der Waals surface area contributed by atoms with Gasteiger partial charge in [0.1, 0.15) is 5.75 Å². The Kier molecular flexibility index (Phi) is 7.17. The number of nitrogens with zero attached hydrogens (tertiary/aromatic N) is 4. The van der Waals surface area contributed by atoms with Gasteiger partial charge in [-0.3, -0.25) is 10.1 Å². The summed E-state index contributed by atoms with van der Waals surface area (Å²) in [6, 6.07) is 7.43. The molecule has 10 heteroatoms. The first kappa shape index (κ1) is 20.3. The predicted molar refractivity (Wildman–Crippen MR) is 110 cm³/mol. The van der Waals surface area contributed by atoms with Gasteiger partial charge in [0.15, 0.2) is 5.17 Å². The molecule has 2 aromatic rings. The van der Waals surface area contributed by atoms with Crippen LogP contribution in [0.4, 0.5) is 0 Å². The van der Waals surface area contributed by atoms with E-state index in [0.29, 0.717) is 11.8 Å². The number of carbonyl (C=O) groups excluding carboxylic acids is 2. The van der Waals surface area contributed by atoms with Gasteiger partial charge in [-0.2, -0.15) is 5.10 Å². The summed E-state index contributed by atoms with van der Waals surface area (Å²) >= 11 is 1.02. The number of nitrogens with one attached hydrogen (secondary N) is 1. The average molecular weight is 413 g/mol. The fraction of sp³-hybridized carbons (Fsp3) is 0.211. The minimum atomic E-state index is -0.601. The third-order valence-corrected chi connectivity index (χ3v) is 4.63. The lowest BCUT2D eigenvalue weighted by Crippen LogP contribution is -2.19. The van der Waals surface area contributed by atoms with Crippen molar-refractivity contribution in [3.05, 3.63) is 59.5 Å². The molecular weight excluding hydrogens is 394 g/mol. The standard InChI is InChI=1S/C19H19N5O4S/c1-27-17(25)11-16-18(26)22-19(29-16)23-21-12-14-3-5-15(6-4-14)28-10-2-8-24-9-7-20-13-24/h3-7,9,11-13H,2,8,10H2,1H3,(H,22,23,26)/b16-11+,21-12?. The van der Waals surface area contributed by atoms with E-state index in [-0.39, 0.29) is 4.91 Å². The van der Waals surface area contributed by atoms with Crippen LogP contribution in [0.5, 0.6) is 5.75 Å². The number of aryl methyl sites for hydroxylation is 1. The van der Waals surface area contributed by atoms with Crippen LogP contribution in [0.15, 0.2) is 64.2 Å². The minimum Gasteiger partial charge on any atom is -0.494 e. The van der Waals surface area contributed by atoms with E-state index < -0.39 is 11.9 Å². The average Bonchev–Trinajstić information content (AvgIpc) is 3.36. The van der Waals surface area contributed by atoms with Crippen molar-refractivity contribution in [3.8, 4) is 5.75 Å². The summed E-state index contributed by atoms with van der Waals surface area (Å²) in [4.78, 5) is 27.1. The summed E-state index contributed by atoms with van der Waals surface area (Å²) in [5.74, 6) is -0.240. The maximum absolute atomic E-state index is 11.7. The van der Waals surface area contributed by atoms with Gasteiger partial charge in [-0.15, -0.1) is 5.10 Å². The molecule has 0 bridgehead atoms. The zero-order valence-corrected chi connectivity index (χ0v) is 16.5. The first-order valence-corrected chi connectivity index (χ1v) is 9.54. The van der Waals surface area contributed by atoms with Gasteiger partial charge in [0, 0.05) is 25.0 Å². The third-order valence-electron chi connectivity index (χ3n) is 3.73. The van der Waals surface area contributed by atoms with Gasteiger partial charge >= 0.3 is 5.97 Å². The van der Waals surface area contributed by atoms with Crippen LogP contribution >= 0.6 is 11.8 Å². The fourth-order valence-electron chi connectivity index (χ4n) is 2.30. The van der Waals surface area contributed by atoms with E-state index in [4.69, 9.17) is 4.74 Å². The lowest BCUT2D eigenvalue weighted by Gasteiger charge is -2.06. The summed E-state index contributed by atoms with van der Waals surface area (Å²) in [6.45, 7) is 1.47. The van der Waals surface area contributed by atoms with Gasteiger partial charge in [0.2, 0.25) is 0 Å². The molecule has 29 heavy (non-hydrogen) atoms. The Morgan fingerprint density at radius 3 is 2.90 bits per heavy atom. The summed E-state index contributed by atoms with van der Waals surface area (Å²) in [5.41, 5.74) is 0.833. The van der Waals surface area contributed by atoms with Crippen molar-refractivity contribution in [3.63, 3.8) is 0 Å². The van der Waals surface area contributed by atoms with Crippen molar-refractivity contribution < 1.29 is 19.1 Å². The van der Waals surface area contributed by atoms with E-state index in [2.05, 4.69) is 25.2 Å². The smallest absolute Gasteiger partial charge is 0.331 e. The Bertz CT molecular complexity index is 936. The van der Waals surface area contributed by atoms with E-state index >= 15 is 0 Å². The largest absolute Gasteiger partial charge is 0.494 e. The van der Waals surface area contributed by atoms with E-state index in [1.165, 1.54) is 7.11 Å². The molecule has 1 fully saturated rings. The Hall–Kier alpha value is -3.40. The van der Waals surface area contributed by atoms with Gasteiger partial charge in [0.05, 0.1) is 31.2 Å². The van der Waals surface area contributed by atoms with E-state index in [1.54, 1.807) is 18.7 Å². The molecule has 0 aliphatic carbocycles. The van der Waals surface area contributed by atoms with Crippen LogP contribution in [0.2, 0.25) is 0 Å². The molecule has 150 valence electrons. The Balaban J connectivity index is 1.46. The SMILES string of the molecule is COC(=O)/C=C1/S/C(=N\N=Cc2ccc(OCCCn3ccnc3)cc2)NC1=O. The highest BCUT2D eigenvalue weighted by Gasteiger charge is 2.24. The zero-order valence-electron chi connectivity index (χ0n) is 15.6. The Morgan fingerprint density at radius 1 is 1.34 bits per heavy atom. The second-order valence-corrected chi connectivity index (χ2v) is 6.84. The van der Waals surface area contributed by atoms with Crippen LogP contribution in [-0.4, -0.2) is 46.5 Å². The van der Waals surface area contributed by atoms with Crippen molar-refractivity contribution in [1.29, 1.82) is 0 Å². The van der Waals surface area contributed by atoms with Gasteiger partial charge in [-0.25, -0.2) is 9.78 Å². The van der Waals surface area contributed by atoms with Crippen LogP contribution in [0.25, 0.3) is 0 Å². The van der Waals surface area contributed by atoms with Gasteiger partial charge in [-0.05, 0) is 48.0 Å². The zero-order chi connectivity index (χ0) is 20.5. The lowest BCUT2D eigenvalue weighted by atomic mass is 10.2. The quantitative estimate of drug-likeness (QED) is 0.233. The predicted octanol–water partition coefficient (Wildman–Crippen LogP) is 1.96. The monoisotopic (exact) mass is 413 g/mol. The summed E-state index contributed by atoms with van der Waals surface area (Å²) in [6.07, 6.45) is 9.01. The first-order chi connectivity index (χ1) is 14.1. The van der Waals surface area contributed by atoms with Crippen LogP contribution in [0, 0.1) is 0 Å². The maximum atomic E-state index is 11.7. The van der Waals surface area contributed by atoms with Crippen LogP contribution in [-0.2, 0) is 20.9 Å². The first-order valence-electron chi connectivity index (χ1n) is 8.72. The molecule has 0 radical (unpaired) electrons. The summed E-state index contributed by atoms with van der Waals surface area (Å²) in [7, 11) is 1.24. The number of methoxy groups -OCH3 is 1. The van der Waals surface area contributed by atoms with Gasteiger partial charge in [0.25, 0.3) is 5.91 Å². The Morgan fingerprint density at radius 2 is 2.17 bits per heavy atom. The molecule has 0 atom stereocenters. The minimum absolute atomic E-state index is 0.209. The molecule has 1 N–H and O–H groups in total. The molecular formula is C19H19N5O4S. The number of rotatable bonds is 8. The number of hydrogen-bond acceptors (Lipinski definition) is 8. The highest BCUT2D eigenvalue weighted by Crippen LogP contribution is 2.23. The number of amidine groups is 1. The fourth-order valence-corrected chi connectivity index (χ4v) is 3.03. The van der Waals surface area contributed by atoms with E-state index in [9.17, 15) is 9.59 Å². The number of benzene rings is 1. The summed E-state index contributed by atoms with van der Waals surface area (Å²) in [5, 5.41) is 10.7. The maximum Gasteiger partial charge on any atom is 0.331 e. The molecule has 1 saturated heterocycles. The molecule has 1 aliphatic heterocycles. The van der Waals surface area contributed by atoms with Crippen molar-refractivity contribution in [1.82, 2.24) is 14.9 Å². The van der Waals surface area contributed by atoms with Crippen LogP contribution in [0.3, 0.4) is 0 Å². The van der Waals surface area contributed by atoms with Crippen molar-refractivity contribution in [2.75, 3.05) is 13.7 Å². The molecule has 1 amide bonds. The van der Waals surface area contributed by atoms with E-state index in [1.807, 2.05) is 35.0 Å². The number of carbonyl (C=O) groups is 2. The molecule has 2 heterocycles. The van der Waals surface area contributed by atoms with Gasteiger partial charge < -0.3 is 14.0 Å². The number of aromatic nitrogens is 2. The molecule has 1 aliphatic rings. The molecule has 3 rings (SSSR count). The molecule has 0 spiro atoms. The molecule has 1 aromatic heterocycles. The van der Waals surface area contributed by atoms with Crippen molar-refractivity contribution in [2.24, 2.45) is 10.2 Å². The normalized spacial score (nSPS) is 16.5. The van der Waals surface area contributed by atoms with E-state index in [0.717, 1.165) is 42.1 Å². The van der Waals surface area contributed by atoms with Crippen molar-refractivity contribution >= 4 is 35.0 Å². The highest BCUT2D eigenvalue weighted by molar-refractivity contribution is 8.18. The highest BCUT2D eigenvalue weighted by atomic mass is 32.2. The number of imidazole rings is 1. The lowest BCUT2D eigenvalue weighted by molar-refractivity contribution is -0.135. The second kappa shape index (κ2) is 10.2. The molecule has 9 nitrogen and oxygen atoms in total. The van der Waals surface area contributed by atoms with Crippen LogP contribution < -0.4 is 10.1 Å². The second-order valence-electron chi connectivity index (χ2n) is 5.81. The third kappa shape index (κ3) is 6.32. The van der Waals surface area contributed by atoms with Gasteiger partial charge in [-0.1, -0.05) is 0 Å². The van der Waals surface area contributed by atoms with Crippen LogP contribution in [0.1, 0.15) is 12.0 Å². The number of esters is 1. The number of thioether (sulfide) groups is 1.